The molecule has 0 aliphatic rings. The van der Waals surface area contributed by atoms with Crippen LogP contribution in [0.1, 0.15) is 24.2 Å². The summed E-state index contributed by atoms with van der Waals surface area (Å²) in [5.41, 5.74) is 0.168. The van der Waals surface area contributed by atoms with E-state index in [9.17, 15) is 14.0 Å². The fraction of sp³-hybridized carbons (Fsp3) is 0.429. The minimum absolute atomic E-state index is 0.168. The largest absolute Gasteiger partial charge is 0.490 e. The van der Waals surface area contributed by atoms with Crippen LogP contribution < -0.4 is 14.8 Å². The fourth-order valence-corrected chi connectivity index (χ4v) is 1.60. The minimum Gasteiger partial charge on any atom is -0.490 e. The molecule has 0 aromatic heterocycles. The first-order valence-corrected chi connectivity index (χ1v) is 6.52. The van der Waals surface area contributed by atoms with Crippen LogP contribution in [0, 0.1) is 0 Å². The maximum atomic E-state index is 12.5. The van der Waals surface area contributed by atoms with Gasteiger partial charge in [0.15, 0.2) is 17.5 Å². The van der Waals surface area contributed by atoms with Crippen LogP contribution in [0.15, 0.2) is 18.2 Å². The number of carboxylic acids is 1. The van der Waals surface area contributed by atoms with Crippen molar-refractivity contribution < 1.29 is 28.6 Å². The minimum atomic E-state index is -1.57. The molecule has 7 heteroatoms. The summed E-state index contributed by atoms with van der Waals surface area (Å²) in [5, 5.41) is 10.8. The number of hydrogen-bond donors (Lipinski definition) is 2. The van der Waals surface area contributed by atoms with Gasteiger partial charge in [0.25, 0.3) is 5.91 Å². The maximum Gasteiger partial charge on any atom is 0.328 e. The van der Waals surface area contributed by atoms with E-state index in [1.807, 2.05) is 6.92 Å². The Morgan fingerprint density at radius 3 is 2.38 bits per heavy atom. The Labute approximate surface area is 121 Å². The predicted octanol–water partition coefficient (Wildman–Crippen LogP) is 1.64. The van der Waals surface area contributed by atoms with E-state index in [0.717, 1.165) is 0 Å². The van der Waals surface area contributed by atoms with Gasteiger partial charge in [0, 0.05) is 5.56 Å². The average molecular weight is 299 g/mol. The summed E-state index contributed by atoms with van der Waals surface area (Å²) in [4.78, 5) is 22.6. The van der Waals surface area contributed by atoms with E-state index in [1.54, 1.807) is 13.0 Å². The van der Waals surface area contributed by atoms with Crippen molar-refractivity contribution >= 4 is 11.9 Å². The highest BCUT2D eigenvalue weighted by Crippen LogP contribution is 2.28. The number of halogens is 1. The second-order valence-corrected chi connectivity index (χ2v) is 4.05. The molecule has 1 rings (SSSR count). The highest BCUT2D eigenvalue weighted by Gasteiger charge is 2.21. The molecule has 1 amide bonds. The predicted molar refractivity (Wildman–Crippen MR) is 73.6 cm³/mol. The van der Waals surface area contributed by atoms with Crippen molar-refractivity contribution in [2.75, 3.05) is 19.9 Å². The van der Waals surface area contributed by atoms with E-state index in [-0.39, 0.29) is 5.56 Å². The Bertz CT molecular complexity index is 506. The van der Waals surface area contributed by atoms with Crippen molar-refractivity contribution in [2.24, 2.45) is 0 Å². The average Bonchev–Trinajstić information content (AvgIpc) is 2.46. The summed E-state index contributed by atoms with van der Waals surface area (Å²) in [6.07, 6.45) is 0. The van der Waals surface area contributed by atoms with Crippen molar-refractivity contribution in [2.45, 2.75) is 19.9 Å². The van der Waals surface area contributed by atoms with Gasteiger partial charge < -0.3 is 19.9 Å². The molecule has 0 saturated heterocycles. The van der Waals surface area contributed by atoms with Crippen molar-refractivity contribution in [3.63, 3.8) is 0 Å². The third-order valence-electron chi connectivity index (χ3n) is 2.56. The van der Waals surface area contributed by atoms with Gasteiger partial charge in [-0.3, -0.25) is 4.79 Å². The summed E-state index contributed by atoms with van der Waals surface area (Å²) < 4.78 is 23.2. The number of alkyl halides is 1. The Morgan fingerprint density at radius 2 is 1.86 bits per heavy atom. The Morgan fingerprint density at radius 1 is 1.24 bits per heavy atom. The van der Waals surface area contributed by atoms with Crippen molar-refractivity contribution in [1.82, 2.24) is 5.32 Å². The van der Waals surface area contributed by atoms with Crippen LogP contribution in [-0.2, 0) is 4.79 Å². The van der Waals surface area contributed by atoms with Crippen LogP contribution in [-0.4, -0.2) is 42.9 Å². The number of hydrogen-bond acceptors (Lipinski definition) is 4. The first-order chi connectivity index (χ1) is 10.0. The fourth-order valence-electron chi connectivity index (χ4n) is 1.60. The zero-order valence-electron chi connectivity index (χ0n) is 11.9. The molecular formula is C14H18FNO5. The van der Waals surface area contributed by atoms with Crippen molar-refractivity contribution in [3.05, 3.63) is 23.8 Å². The number of aliphatic carboxylic acids is 1. The van der Waals surface area contributed by atoms with Crippen LogP contribution in [0.5, 0.6) is 11.5 Å². The molecule has 0 spiro atoms. The van der Waals surface area contributed by atoms with E-state index in [1.165, 1.54) is 12.1 Å². The van der Waals surface area contributed by atoms with E-state index >= 15 is 0 Å². The van der Waals surface area contributed by atoms with Gasteiger partial charge >= 0.3 is 5.97 Å². The molecule has 0 heterocycles. The van der Waals surface area contributed by atoms with Crippen LogP contribution in [0.2, 0.25) is 0 Å². The lowest BCUT2D eigenvalue weighted by molar-refractivity contribution is -0.139. The molecule has 21 heavy (non-hydrogen) atoms. The molecule has 0 radical (unpaired) electrons. The number of ether oxygens (including phenoxy) is 2. The Kier molecular flexibility index (Phi) is 6.45. The zero-order chi connectivity index (χ0) is 15.8. The third-order valence-corrected chi connectivity index (χ3v) is 2.56. The van der Waals surface area contributed by atoms with Gasteiger partial charge in [-0.05, 0) is 32.0 Å². The molecule has 1 atom stereocenters. The van der Waals surface area contributed by atoms with Crippen LogP contribution in [0.4, 0.5) is 4.39 Å². The van der Waals surface area contributed by atoms with Crippen LogP contribution in [0.25, 0.3) is 0 Å². The van der Waals surface area contributed by atoms with Gasteiger partial charge in [-0.1, -0.05) is 0 Å². The van der Waals surface area contributed by atoms with Gasteiger partial charge in [-0.15, -0.1) is 0 Å². The van der Waals surface area contributed by atoms with Crippen molar-refractivity contribution in [1.29, 1.82) is 0 Å². The molecular weight excluding hydrogens is 281 g/mol. The lowest BCUT2D eigenvalue weighted by Crippen LogP contribution is -2.42. The molecule has 0 aliphatic carbocycles. The van der Waals surface area contributed by atoms with Crippen LogP contribution >= 0.6 is 0 Å². The second kappa shape index (κ2) is 8.08. The summed E-state index contributed by atoms with van der Waals surface area (Å²) in [5.74, 6) is -1.26. The van der Waals surface area contributed by atoms with Gasteiger partial charge in [0.1, 0.15) is 6.67 Å². The van der Waals surface area contributed by atoms with Gasteiger partial charge in [-0.2, -0.15) is 0 Å². The summed E-state index contributed by atoms with van der Waals surface area (Å²) in [6.45, 7) is 3.24. The molecule has 1 aromatic rings. The smallest absolute Gasteiger partial charge is 0.328 e. The Balaban J connectivity index is 2.94. The molecule has 1 unspecified atom stereocenters. The molecule has 0 fully saturated rings. The zero-order valence-corrected chi connectivity index (χ0v) is 11.9. The molecule has 0 bridgehead atoms. The van der Waals surface area contributed by atoms with Gasteiger partial charge in [-0.25, -0.2) is 9.18 Å². The number of benzene rings is 1. The molecule has 2 N–H and O–H groups in total. The Hall–Kier alpha value is -2.31. The number of carbonyl (C=O) groups is 2. The highest BCUT2D eigenvalue weighted by atomic mass is 19.1. The summed E-state index contributed by atoms with van der Waals surface area (Å²) >= 11 is 0. The number of carboxylic acid groups (broad SMARTS) is 1. The lowest BCUT2D eigenvalue weighted by Gasteiger charge is -2.14. The number of carbonyl (C=O) groups excluding carboxylic acids is 1. The summed E-state index contributed by atoms with van der Waals surface area (Å²) in [6, 6.07) is 2.87. The number of amides is 1. The summed E-state index contributed by atoms with van der Waals surface area (Å²) in [7, 11) is 0. The molecule has 6 nitrogen and oxygen atoms in total. The van der Waals surface area contributed by atoms with E-state index < -0.39 is 24.6 Å². The highest BCUT2D eigenvalue weighted by molar-refractivity contribution is 5.97. The maximum absolute atomic E-state index is 12.5. The van der Waals surface area contributed by atoms with Crippen molar-refractivity contribution in [3.8, 4) is 11.5 Å². The monoisotopic (exact) mass is 299 g/mol. The lowest BCUT2D eigenvalue weighted by atomic mass is 10.1. The van der Waals surface area contributed by atoms with Gasteiger partial charge in [0.2, 0.25) is 0 Å². The number of rotatable bonds is 8. The van der Waals surface area contributed by atoms with E-state index in [0.29, 0.717) is 24.7 Å². The third kappa shape index (κ3) is 4.62. The van der Waals surface area contributed by atoms with Gasteiger partial charge in [0.05, 0.1) is 13.2 Å². The quantitative estimate of drug-likeness (QED) is 0.762. The van der Waals surface area contributed by atoms with E-state index in [4.69, 9.17) is 14.6 Å². The van der Waals surface area contributed by atoms with Crippen LogP contribution in [0.3, 0.4) is 0 Å². The standard InChI is InChI=1S/C14H18FNO5/c1-3-20-11-6-5-9(7-12(11)21-4-2)13(17)16-10(8-15)14(18)19/h5-7,10H,3-4,8H2,1-2H3,(H,16,17)(H,18,19). The van der Waals surface area contributed by atoms with E-state index in [2.05, 4.69) is 5.32 Å². The first kappa shape index (κ1) is 16.7. The number of nitrogens with one attached hydrogen (secondary N) is 1. The molecule has 116 valence electrons. The SMILES string of the molecule is CCOc1ccc(C(=O)NC(CF)C(=O)O)cc1OCC. The molecule has 0 saturated carbocycles. The normalized spacial score (nSPS) is 11.6. The molecule has 1 aromatic carbocycles. The first-order valence-electron chi connectivity index (χ1n) is 6.52. The topological polar surface area (TPSA) is 84.9 Å². The molecule has 0 aliphatic heterocycles. The second-order valence-electron chi connectivity index (χ2n) is 4.05.